The summed E-state index contributed by atoms with van der Waals surface area (Å²) in [6.45, 7) is 4.35. The lowest BCUT2D eigenvalue weighted by atomic mass is 10.1. The molecule has 0 aliphatic rings. The molecule has 0 spiro atoms. The first kappa shape index (κ1) is 24.6. The maximum atomic E-state index is 13.8. The van der Waals surface area contributed by atoms with Gasteiger partial charge >= 0.3 is 0 Å². The molecule has 186 valence electrons. The van der Waals surface area contributed by atoms with E-state index < -0.39 is 10.0 Å². The van der Waals surface area contributed by atoms with Gasteiger partial charge in [-0.05, 0) is 79.1 Å². The average molecular weight is 529 g/mol. The number of aromatic nitrogens is 2. The smallest absolute Gasteiger partial charge is 0.261 e. The Hall–Kier alpha value is -4.08. The summed E-state index contributed by atoms with van der Waals surface area (Å²) in [6, 6.07) is 22.4. The van der Waals surface area contributed by atoms with Crippen molar-refractivity contribution < 1.29 is 13.2 Å². The van der Waals surface area contributed by atoms with E-state index in [4.69, 9.17) is 4.98 Å². The molecule has 2 heterocycles. The van der Waals surface area contributed by atoms with Crippen molar-refractivity contribution in [2.75, 3.05) is 9.62 Å². The molecule has 7 nitrogen and oxygen atoms in total. The van der Waals surface area contributed by atoms with Crippen molar-refractivity contribution >= 4 is 48.3 Å². The molecular weight excluding hydrogens is 504 g/mol. The summed E-state index contributed by atoms with van der Waals surface area (Å²) >= 11 is 1.44. The molecule has 37 heavy (non-hydrogen) atoms. The summed E-state index contributed by atoms with van der Waals surface area (Å²) in [4.78, 5) is 24.5. The Balaban J connectivity index is 1.50. The second-order valence-corrected chi connectivity index (χ2v) is 11.3. The number of nitrogens with zero attached hydrogens (tertiary/aromatic N) is 3. The third-order valence-electron chi connectivity index (χ3n) is 5.95. The first-order chi connectivity index (χ1) is 17.8. The van der Waals surface area contributed by atoms with Crippen LogP contribution in [0.15, 0.2) is 96.2 Å². The van der Waals surface area contributed by atoms with E-state index in [-0.39, 0.29) is 17.3 Å². The van der Waals surface area contributed by atoms with Gasteiger partial charge in [0.25, 0.3) is 15.9 Å². The first-order valence-electron chi connectivity index (χ1n) is 11.6. The predicted molar refractivity (Wildman–Crippen MR) is 148 cm³/mol. The summed E-state index contributed by atoms with van der Waals surface area (Å²) < 4.78 is 29.2. The van der Waals surface area contributed by atoms with Crippen molar-refractivity contribution in [1.82, 2.24) is 9.97 Å². The van der Waals surface area contributed by atoms with Crippen LogP contribution in [0.25, 0.3) is 10.2 Å². The van der Waals surface area contributed by atoms with Crippen molar-refractivity contribution in [1.29, 1.82) is 0 Å². The summed E-state index contributed by atoms with van der Waals surface area (Å²) in [7, 11) is -3.80. The van der Waals surface area contributed by atoms with Gasteiger partial charge in [0.15, 0.2) is 5.13 Å². The Morgan fingerprint density at radius 2 is 1.73 bits per heavy atom. The molecule has 0 aliphatic carbocycles. The molecule has 0 fully saturated rings. The second kappa shape index (κ2) is 10.1. The number of thiazole rings is 1. The number of aryl methyl sites for hydroxylation is 2. The number of carbonyl (C=O) groups is 1. The molecule has 0 bridgehead atoms. The molecule has 0 unspecified atom stereocenters. The standard InChI is InChI=1S/C28H24N4O3S2/c1-19-14-25-26(15-20(19)2)36-28(30-25)32(18-21-8-7-13-29-17-21)27(33)22-9-6-10-23(16-22)31-37(34,35)24-11-4-3-5-12-24/h3-17,31H,18H2,1-2H3. The van der Waals surface area contributed by atoms with Crippen LogP contribution in [0.4, 0.5) is 10.8 Å². The topological polar surface area (TPSA) is 92.3 Å². The van der Waals surface area contributed by atoms with Crippen molar-refractivity contribution in [2.45, 2.75) is 25.3 Å². The highest BCUT2D eigenvalue weighted by Crippen LogP contribution is 2.33. The number of anilines is 2. The van der Waals surface area contributed by atoms with Gasteiger partial charge < -0.3 is 0 Å². The second-order valence-electron chi connectivity index (χ2n) is 8.65. The van der Waals surface area contributed by atoms with E-state index in [9.17, 15) is 13.2 Å². The molecule has 5 rings (SSSR count). The van der Waals surface area contributed by atoms with Gasteiger partial charge in [-0.15, -0.1) is 0 Å². The lowest BCUT2D eigenvalue weighted by Gasteiger charge is -2.20. The van der Waals surface area contributed by atoms with Crippen LogP contribution in [0.3, 0.4) is 0 Å². The molecule has 0 atom stereocenters. The molecule has 5 aromatic rings. The Kier molecular flexibility index (Phi) is 6.73. The Bertz CT molecular complexity index is 1650. The number of hydrogen-bond acceptors (Lipinski definition) is 6. The monoisotopic (exact) mass is 528 g/mol. The Morgan fingerprint density at radius 1 is 0.946 bits per heavy atom. The number of sulfonamides is 1. The van der Waals surface area contributed by atoms with E-state index in [1.807, 2.05) is 25.1 Å². The minimum absolute atomic E-state index is 0.144. The molecule has 0 aliphatic heterocycles. The van der Waals surface area contributed by atoms with Crippen LogP contribution in [0.2, 0.25) is 0 Å². The normalized spacial score (nSPS) is 11.4. The average Bonchev–Trinajstić information content (AvgIpc) is 3.30. The molecule has 0 saturated heterocycles. The van der Waals surface area contributed by atoms with Crippen LogP contribution in [0.5, 0.6) is 0 Å². The number of rotatable bonds is 7. The van der Waals surface area contributed by atoms with Gasteiger partial charge in [0.05, 0.1) is 21.7 Å². The Morgan fingerprint density at radius 3 is 2.49 bits per heavy atom. The van der Waals surface area contributed by atoms with Gasteiger partial charge in [-0.25, -0.2) is 13.4 Å². The van der Waals surface area contributed by atoms with Crippen LogP contribution >= 0.6 is 11.3 Å². The van der Waals surface area contributed by atoms with Gasteiger partial charge in [-0.2, -0.15) is 0 Å². The quantitative estimate of drug-likeness (QED) is 0.282. The highest BCUT2D eigenvalue weighted by Gasteiger charge is 2.23. The number of pyridine rings is 1. The fourth-order valence-corrected chi connectivity index (χ4v) is 5.98. The highest BCUT2D eigenvalue weighted by atomic mass is 32.2. The molecule has 3 aromatic carbocycles. The van der Waals surface area contributed by atoms with Gasteiger partial charge in [-0.3, -0.25) is 19.4 Å². The largest absolute Gasteiger partial charge is 0.280 e. The zero-order chi connectivity index (χ0) is 26.0. The first-order valence-corrected chi connectivity index (χ1v) is 13.9. The van der Waals surface area contributed by atoms with Gasteiger partial charge in [-0.1, -0.05) is 41.7 Å². The van der Waals surface area contributed by atoms with Crippen LogP contribution < -0.4 is 9.62 Å². The van der Waals surface area contributed by atoms with E-state index in [2.05, 4.69) is 22.7 Å². The van der Waals surface area contributed by atoms with E-state index in [0.29, 0.717) is 16.4 Å². The zero-order valence-corrected chi connectivity index (χ0v) is 21.9. The van der Waals surface area contributed by atoms with Gasteiger partial charge in [0, 0.05) is 23.6 Å². The van der Waals surface area contributed by atoms with Crippen molar-refractivity contribution in [2.24, 2.45) is 0 Å². The summed E-state index contributed by atoms with van der Waals surface area (Å²) in [5, 5.41) is 0.559. The minimum Gasteiger partial charge on any atom is -0.280 e. The molecular formula is C28H24N4O3S2. The van der Waals surface area contributed by atoms with Crippen molar-refractivity contribution in [3.05, 3.63) is 114 Å². The fraction of sp³-hybridized carbons (Fsp3) is 0.107. The van der Waals surface area contributed by atoms with Crippen LogP contribution in [0, 0.1) is 13.8 Å². The molecule has 2 aromatic heterocycles. The van der Waals surface area contributed by atoms with E-state index in [0.717, 1.165) is 26.9 Å². The third kappa shape index (κ3) is 5.37. The Labute approximate surface area is 219 Å². The number of fused-ring (bicyclic) bond motifs is 1. The van der Waals surface area contributed by atoms with Crippen molar-refractivity contribution in [3.8, 4) is 0 Å². The maximum absolute atomic E-state index is 13.8. The van der Waals surface area contributed by atoms with Crippen LogP contribution in [0.1, 0.15) is 27.0 Å². The van der Waals surface area contributed by atoms with E-state index in [1.165, 1.54) is 23.5 Å². The summed E-state index contributed by atoms with van der Waals surface area (Å²) in [5.74, 6) is -0.294. The SMILES string of the molecule is Cc1cc2nc(N(Cc3cccnc3)C(=O)c3cccc(NS(=O)(=O)c4ccccc4)c3)sc2cc1C. The molecule has 0 saturated carbocycles. The maximum Gasteiger partial charge on any atom is 0.261 e. The third-order valence-corrected chi connectivity index (χ3v) is 8.39. The van der Waals surface area contributed by atoms with Gasteiger partial charge in [0.2, 0.25) is 0 Å². The van der Waals surface area contributed by atoms with Crippen LogP contribution in [-0.4, -0.2) is 24.3 Å². The molecule has 1 N–H and O–H groups in total. The predicted octanol–water partition coefficient (Wildman–Crippen LogP) is 5.96. The number of benzene rings is 3. The lowest BCUT2D eigenvalue weighted by Crippen LogP contribution is -2.30. The molecule has 9 heteroatoms. The number of nitrogens with one attached hydrogen (secondary N) is 1. The zero-order valence-electron chi connectivity index (χ0n) is 20.3. The number of carbonyl (C=O) groups excluding carboxylic acids is 1. The molecule has 1 amide bonds. The highest BCUT2D eigenvalue weighted by molar-refractivity contribution is 7.92. The lowest BCUT2D eigenvalue weighted by molar-refractivity contribution is 0.0985. The number of hydrogen-bond donors (Lipinski definition) is 1. The summed E-state index contributed by atoms with van der Waals surface area (Å²) in [5.41, 5.74) is 4.61. The molecule has 0 radical (unpaired) electrons. The minimum atomic E-state index is -3.80. The van der Waals surface area contributed by atoms with E-state index in [1.54, 1.807) is 59.8 Å². The van der Waals surface area contributed by atoms with E-state index >= 15 is 0 Å². The fourth-order valence-electron chi connectivity index (χ4n) is 3.87. The van der Waals surface area contributed by atoms with Crippen molar-refractivity contribution in [3.63, 3.8) is 0 Å². The van der Waals surface area contributed by atoms with Gasteiger partial charge in [0.1, 0.15) is 0 Å². The number of amides is 1. The summed E-state index contributed by atoms with van der Waals surface area (Å²) in [6.07, 6.45) is 3.40. The van der Waals surface area contributed by atoms with Crippen LogP contribution in [-0.2, 0) is 16.6 Å².